The van der Waals surface area contributed by atoms with Gasteiger partial charge in [0.2, 0.25) is 0 Å². The highest BCUT2D eigenvalue weighted by molar-refractivity contribution is 6.33. The number of hydrogen-bond acceptors (Lipinski definition) is 4. The summed E-state index contributed by atoms with van der Waals surface area (Å²) in [5, 5.41) is 12.6. The summed E-state index contributed by atoms with van der Waals surface area (Å²) in [6.07, 6.45) is 0. The molecule has 6 heteroatoms. The van der Waals surface area contributed by atoms with E-state index in [1.165, 1.54) is 0 Å². The van der Waals surface area contributed by atoms with E-state index < -0.39 is 0 Å². The van der Waals surface area contributed by atoms with E-state index in [2.05, 4.69) is 15.0 Å². The minimum Gasteiger partial charge on any atom is -0.409 e. The maximum Gasteiger partial charge on any atom is 0.156 e. The maximum absolute atomic E-state index is 8.71. The minimum atomic E-state index is -0.0432. The molecule has 1 aromatic rings. The molecule has 0 bridgehead atoms. The molecular formula is C13H19ClN4O. The summed E-state index contributed by atoms with van der Waals surface area (Å²) in [4.78, 5) is 4.46. The van der Waals surface area contributed by atoms with E-state index >= 15 is 0 Å². The minimum absolute atomic E-state index is 0.0432. The van der Waals surface area contributed by atoms with E-state index in [-0.39, 0.29) is 11.9 Å². The number of nitrogens with zero attached hydrogens (tertiary/aromatic N) is 3. The van der Waals surface area contributed by atoms with Crippen LogP contribution in [0.2, 0.25) is 5.02 Å². The predicted molar refractivity (Wildman–Crippen MR) is 78.1 cm³/mol. The van der Waals surface area contributed by atoms with Crippen molar-refractivity contribution in [2.24, 2.45) is 10.9 Å². The lowest BCUT2D eigenvalue weighted by atomic mass is 10.2. The molecule has 1 saturated heterocycles. The summed E-state index contributed by atoms with van der Waals surface area (Å²) in [7, 11) is 0. The predicted octanol–water partition coefficient (Wildman–Crippen LogP) is 1.60. The SMILES string of the molecule is CC(C(N)=NO)N1CCN(c2ccccc2Cl)CC1. The Hall–Kier alpha value is -1.46. The number of nitrogens with two attached hydrogens (primary N) is 1. The standard InChI is InChI=1S/C13H19ClN4O/c1-10(13(15)16-19)17-6-8-18(9-7-17)12-5-3-2-4-11(12)14/h2-5,10,19H,6-9H2,1H3,(H2,15,16). The van der Waals surface area contributed by atoms with Crippen molar-refractivity contribution in [1.29, 1.82) is 0 Å². The molecule has 0 saturated carbocycles. The summed E-state index contributed by atoms with van der Waals surface area (Å²) in [6, 6.07) is 7.82. The zero-order chi connectivity index (χ0) is 13.8. The quantitative estimate of drug-likeness (QED) is 0.382. The first-order valence-electron chi connectivity index (χ1n) is 6.34. The zero-order valence-corrected chi connectivity index (χ0v) is 11.7. The molecule has 0 aliphatic carbocycles. The van der Waals surface area contributed by atoms with Gasteiger partial charge in [-0.15, -0.1) is 0 Å². The van der Waals surface area contributed by atoms with E-state index in [4.69, 9.17) is 22.5 Å². The van der Waals surface area contributed by atoms with E-state index in [0.717, 1.165) is 36.9 Å². The van der Waals surface area contributed by atoms with Crippen molar-refractivity contribution in [3.05, 3.63) is 29.3 Å². The average Bonchev–Trinajstić information content (AvgIpc) is 2.46. The van der Waals surface area contributed by atoms with Crippen molar-refractivity contribution >= 4 is 23.1 Å². The summed E-state index contributed by atoms with van der Waals surface area (Å²) in [5.41, 5.74) is 6.71. The summed E-state index contributed by atoms with van der Waals surface area (Å²) >= 11 is 6.20. The van der Waals surface area contributed by atoms with Gasteiger partial charge in [-0.25, -0.2) is 0 Å². The van der Waals surface area contributed by atoms with E-state index in [9.17, 15) is 0 Å². The second kappa shape index (κ2) is 6.12. The Kier molecular flexibility index (Phi) is 4.50. The molecule has 104 valence electrons. The molecule has 1 atom stereocenters. The Bertz CT molecular complexity index is 458. The van der Waals surface area contributed by atoms with Gasteiger partial charge in [-0.1, -0.05) is 28.9 Å². The van der Waals surface area contributed by atoms with Gasteiger partial charge in [-0.2, -0.15) is 0 Å². The van der Waals surface area contributed by atoms with Crippen molar-refractivity contribution in [2.75, 3.05) is 31.1 Å². The Balaban J connectivity index is 1.98. The third-order valence-corrected chi connectivity index (χ3v) is 3.92. The van der Waals surface area contributed by atoms with Crippen molar-refractivity contribution in [1.82, 2.24) is 4.90 Å². The van der Waals surface area contributed by atoms with Gasteiger partial charge >= 0.3 is 0 Å². The van der Waals surface area contributed by atoms with Crippen LogP contribution in [0.5, 0.6) is 0 Å². The van der Waals surface area contributed by atoms with Gasteiger partial charge < -0.3 is 15.8 Å². The average molecular weight is 283 g/mol. The Morgan fingerprint density at radius 3 is 2.53 bits per heavy atom. The molecule has 1 aromatic carbocycles. The normalized spacial score (nSPS) is 19.5. The molecule has 0 aromatic heterocycles. The van der Waals surface area contributed by atoms with Crippen molar-refractivity contribution < 1.29 is 5.21 Å². The van der Waals surface area contributed by atoms with Gasteiger partial charge in [0.1, 0.15) is 0 Å². The lowest BCUT2D eigenvalue weighted by molar-refractivity contribution is 0.230. The molecule has 1 heterocycles. The Morgan fingerprint density at radius 1 is 1.32 bits per heavy atom. The van der Waals surface area contributed by atoms with E-state index in [0.29, 0.717) is 0 Å². The molecule has 1 fully saturated rings. The molecule has 3 N–H and O–H groups in total. The summed E-state index contributed by atoms with van der Waals surface area (Å²) in [6.45, 7) is 5.44. The third-order valence-electron chi connectivity index (χ3n) is 3.60. The topological polar surface area (TPSA) is 65.1 Å². The van der Waals surface area contributed by atoms with Gasteiger partial charge in [0.25, 0.3) is 0 Å². The van der Waals surface area contributed by atoms with Crippen molar-refractivity contribution in [3.8, 4) is 0 Å². The van der Waals surface area contributed by atoms with Gasteiger partial charge in [-0.05, 0) is 19.1 Å². The molecule has 1 aliphatic rings. The zero-order valence-electron chi connectivity index (χ0n) is 11.0. The van der Waals surface area contributed by atoms with Gasteiger partial charge in [0, 0.05) is 26.2 Å². The van der Waals surface area contributed by atoms with Crippen LogP contribution in [0.3, 0.4) is 0 Å². The van der Waals surface area contributed by atoms with Gasteiger partial charge in [0.05, 0.1) is 16.8 Å². The third kappa shape index (κ3) is 3.11. The highest BCUT2D eigenvalue weighted by Crippen LogP contribution is 2.26. The molecule has 2 rings (SSSR count). The molecule has 5 nitrogen and oxygen atoms in total. The number of halogens is 1. The number of rotatable bonds is 3. The molecule has 1 unspecified atom stereocenters. The number of piperazine rings is 1. The van der Waals surface area contributed by atoms with Crippen LogP contribution in [0.25, 0.3) is 0 Å². The molecule has 0 amide bonds. The first-order valence-corrected chi connectivity index (χ1v) is 6.72. The second-order valence-corrected chi connectivity index (χ2v) is 5.08. The van der Waals surface area contributed by atoms with Crippen LogP contribution in [0.1, 0.15) is 6.92 Å². The molecular weight excluding hydrogens is 264 g/mol. The molecule has 0 radical (unpaired) electrons. The number of hydrogen-bond donors (Lipinski definition) is 2. The first-order chi connectivity index (χ1) is 9.13. The lowest BCUT2D eigenvalue weighted by Gasteiger charge is -2.38. The smallest absolute Gasteiger partial charge is 0.156 e. The fraction of sp³-hybridized carbons (Fsp3) is 0.462. The molecule has 0 spiro atoms. The fourth-order valence-corrected chi connectivity index (χ4v) is 2.58. The van der Waals surface area contributed by atoms with Crippen molar-refractivity contribution in [3.63, 3.8) is 0 Å². The van der Waals surface area contributed by atoms with Crippen LogP contribution in [0.4, 0.5) is 5.69 Å². The highest BCUT2D eigenvalue weighted by Gasteiger charge is 2.24. The Morgan fingerprint density at radius 2 is 1.95 bits per heavy atom. The highest BCUT2D eigenvalue weighted by atomic mass is 35.5. The number of amidine groups is 1. The summed E-state index contributed by atoms with van der Waals surface area (Å²) < 4.78 is 0. The first kappa shape index (κ1) is 14.0. The number of benzene rings is 1. The number of para-hydroxylation sites is 1. The van der Waals surface area contributed by atoms with E-state index in [1.807, 2.05) is 31.2 Å². The van der Waals surface area contributed by atoms with Gasteiger partial charge in [0.15, 0.2) is 5.84 Å². The van der Waals surface area contributed by atoms with E-state index in [1.54, 1.807) is 0 Å². The van der Waals surface area contributed by atoms with Crippen LogP contribution in [-0.4, -0.2) is 48.2 Å². The monoisotopic (exact) mass is 282 g/mol. The number of anilines is 1. The van der Waals surface area contributed by atoms with Crippen LogP contribution in [0, 0.1) is 0 Å². The van der Waals surface area contributed by atoms with Crippen LogP contribution in [0.15, 0.2) is 29.4 Å². The largest absolute Gasteiger partial charge is 0.409 e. The molecule has 1 aliphatic heterocycles. The second-order valence-electron chi connectivity index (χ2n) is 4.68. The van der Waals surface area contributed by atoms with Crippen LogP contribution in [-0.2, 0) is 0 Å². The Labute approximate surface area is 118 Å². The fourth-order valence-electron chi connectivity index (χ4n) is 2.33. The lowest BCUT2D eigenvalue weighted by Crippen LogP contribution is -2.53. The maximum atomic E-state index is 8.71. The molecule has 19 heavy (non-hydrogen) atoms. The number of oxime groups is 1. The van der Waals surface area contributed by atoms with Crippen LogP contribution >= 0.6 is 11.6 Å². The van der Waals surface area contributed by atoms with Crippen molar-refractivity contribution in [2.45, 2.75) is 13.0 Å². The summed E-state index contributed by atoms with van der Waals surface area (Å²) in [5.74, 6) is 0.256. The van der Waals surface area contributed by atoms with Gasteiger partial charge in [-0.3, -0.25) is 4.90 Å². The van der Waals surface area contributed by atoms with Crippen LogP contribution < -0.4 is 10.6 Å².